The topological polar surface area (TPSA) is 139 Å². The van der Waals surface area contributed by atoms with Gasteiger partial charge in [-0.05, 0) is 25.2 Å². The molecule has 2 saturated carbocycles. The fourth-order valence-electron chi connectivity index (χ4n) is 4.53. The number of rotatable bonds is 3. The van der Waals surface area contributed by atoms with E-state index in [-0.39, 0.29) is 23.4 Å². The summed E-state index contributed by atoms with van der Waals surface area (Å²) in [6, 6.07) is -0.508. The number of imidazole rings is 1. The summed E-state index contributed by atoms with van der Waals surface area (Å²) in [5, 5.41) is 24.2. The van der Waals surface area contributed by atoms with Crippen LogP contribution in [0.15, 0.2) is 23.2 Å². The van der Waals surface area contributed by atoms with Gasteiger partial charge in [0.05, 0.1) is 30.1 Å². The van der Waals surface area contributed by atoms with Gasteiger partial charge in [0, 0.05) is 13.0 Å². The second-order valence-corrected chi connectivity index (χ2v) is 7.39. The third-order valence-electron chi connectivity index (χ3n) is 6.02. The lowest BCUT2D eigenvalue weighted by Crippen LogP contribution is -2.36. The molecular formula is C19H18N6O4. The third kappa shape index (κ3) is 2.41. The SMILES string of the molecule is CNc1nc(C#Cc2ncco2)nc2c1ncn2[C@@H]1C2C[C@]2(C(C)=O)C(O)[C@H]1O. The van der Waals surface area contributed by atoms with Crippen LogP contribution < -0.4 is 5.32 Å². The Morgan fingerprint density at radius 2 is 2.17 bits per heavy atom. The molecule has 0 amide bonds. The van der Waals surface area contributed by atoms with Crippen molar-refractivity contribution < 1.29 is 19.4 Å². The van der Waals surface area contributed by atoms with Crippen molar-refractivity contribution in [1.82, 2.24) is 24.5 Å². The Bertz CT molecular complexity index is 1180. The molecule has 5 rings (SSSR count). The van der Waals surface area contributed by atoms with Crippen LogP contribution in [0, 0.1) is 23.2 Å². The van der Waals surface area contributed by atoms with Crippen molar-refractivity contribution in [2.75, 3.05) is 12.4 Å². The van der Waals surface area contributed by atoms with Gasteiger partial charge in [-0.15, -0.1) is 0 Å². The van der Waals surface area contributed by atoms with Gasteiger partial charge in [-0.1, -0.05) is 0 Å². The third-order valence-corrected chi connectivity index (χ3v) is 6.02. The number of aliphatic hydroxyl groups is 2. The molecular weight excluding hydrogens is 376 g/mol. The van der Waals surface area contributed by atoms with Crippen molar-refractivity contribution in [3.8, 4) is 11.8 Å². The van der Waals surface area contributed by atoms with Gasteiger partial charge in [-0.2, -0.15) is 0 Å². The van der Waals surface area contributed by atoms with E-state index in [1.54, 1.807) is 17.9 Å². The number of nitrogens with one attached hydrogen (secondary N) is 1. The highest BCUT2D eigenvalue weighted by Gasteiger charge is 2.74. The highest BCUT2D eigenvalue weighted by atomic mass is 16.3. The van der Waals surface area contributed by atoms with Crippen molar-refractivity contribution in [2.45, 2.75) is 31.6 Å². The lowest BCUT2D eigenvalue weighted by atomic mass is 9.95. The minimum atomic E-state index is -1.11. The fraction of sp³-hybridized carbons (Fsp3) is 0.421. The van der Waals surface area contributed by atoms with Gasteiger partial charge < -0.3 is 24.5 Å². The first kappa shape index (κ1) is 17.8. The van der Waals surface area contributed by atoms with Crippen molar-refractivity contribution >= 4 is 22.8 Å². The predicted octanol–water partition coefficient (Wildman–Crippen LogP) is 0.128. The number of aromatic nitrogens is 5. The number of ketones is 1. The Balaban J connectivity index is 1.61. The van der Waals surface area contributed by atoms with Crippen molar-refractivity contribution in [2.24, 2.45) is 11.3 Å². The average Bonchev–Trinajstić information content (AvgIpc) is 3.00. The maximum absolute atomic E-state index is 12.1. The summed E-state index contributed by atoms with van der Waals surface area (Å²) in [6.07, 6.45) is 2.80. The zero-order chi connectivity index (χ0) is 20.3. The van der Waals surface area contributed by atoms with Gasteiger partial charge in [-0.3, -0.25) is 4.79 Å². The van der Waals surface area contributed by atoms with Gasteiger partial charge in [0.1, 0.15) is 18.2 Å². The highest BCUT2D eigenvalue weighted by Crippen LogP contribution is 2.68. The molecule has 3 heterocycles. The quantitative estimate of drug-likeness (QED) is 0.529. The van der Waals surface area contributed by atoms with Crippen LogP contribution in [-0.4, -0.2) is 59.8 Å². The van der Waals surface area contributed by atoms with E-state index in [1.807, 2.05) is 0 Å². The summed E-state index contributed by atoms with van der Waals surface area (Å²) in [4.78, 5) is 29.3. The number of carbonyl (C=O) groups is 1. The molecule has 5 atom stereocenters. The minimum Gasteiger partial charge on any atom is -0.439 e. The average molecular weight is 394 g/mol. The van der Waals surface area contributed by atoms with E-state index in [0.717, 1.165) is 0 Å². The minimum absolute atomic E-state index is 0.107. The zero-order valence-electron chi connectivity index (χ0n) is 15.7. The molecule has 148 valence electrons. The van der Waals surface area contributed by atoms with Crippen LogP contribution in [0.2, 0.25) is 0 Å². The molecule has 3 aromatic heterocycles. The maximum atomic E-state index is 12.1. The molecule has 0 aliphatic heterocycles. The summed E-state index contributed by atoms with van der Waals surface area (Å²) >= 11 is 0. The standard InChI is InChI=1S/C19H18N6O4/c1-9(26)19-7-10(19)14(15(27)16(19)28)25-8-22-13-17(20-2)23-11(24-18(13)25)3-4-12-21-5-6-29-12/h5-6,8,10,14-16,27-28H,7H2,1-2H3,(H,20,23,24)/t10?,14-,15+,16?,19-/m1/s1. The normalized spacial score (nSPS) is 29.9. The van der Waals surface area contributed by atoms with Crippen LogP contribution in [0.4, 0.5) is 5.82 Å². The monoisotopic (exact) mass is 394 g/mol. The van der Waals surface area contributed by atoms with Crippen LogP contribution in [0.1, 0.15) is 31.1 Å². The van der Waals surface area contributed by atoms with Crippen LogP contribution in [0.5, 0.6) is 0 Å². The Labute approximate surface area is 165 Å². The molecule has 10 nitrogen and oxygen atoms in total. The van der Waals surface area contributed by atoms with Gasteiger partial charge in [-0.25, -0.2) is 19.9 Å². The van der Waals surface area contributed by atoms with E-state index in [2.05, 4.69) is 37.1 Å². The molecule has 2 aliphatic rings. The number of aliphatic hydroxyl groups excluding tert-OH is 2. The van der Waals surface area contributed by atoms with Gasteiger partial charge in [0.2, 0.25) is 5.82 Å². The molecule has 10 heteroatoms. The van der Waals surface area contributed by atoms with E-state index in [1.165, 1.54) is 19.4 Å². The molecule has 2 aliphatic carbocycles. The van der Waals surface area contributed by atoms with Crippen molar-refractivity contribution in [3.05, 3.63) is 30.5 Å². The molecule has 2 unspecified atom stereocenters. The molecule has 29 heavy (non-hydrogen) atoms. The van der Waals surface area contributed by atoms with E-state index in [9.17, 15) is 15.0 Å². The molecule has 3 aromatic rings. The second-order valence-electron chi connectivity index (χ2n) is 7.39. The van der Waals surface area contributed by atoms with E-state index in [0.29, 0.717) is 23.4 Å². The Kier molecular flexibility index (Phi) is 3.74. The van der Waals surface area contributed by atoms with E-state index >= 15 is 0 Å². The number of nitrogens with zero attached hydrogens (tertiary/aromatic N) is 5. The van der Waals surface area contributed by atoms with E-state index in [4.69, 9.17) is 4.42 Å². The van der Waals surface area contributed by atoms with Gasteiger partial charge >= 0.3 is 0 Å². The first-order valence-electron chi connectivity index (χ1n) is 9.18. The first-order chi connectivity index (χ1) is 14.0. The molecule has 0 saturated heterocycles. The van der Waals surface area contributed by atoms with Gasteiger partial charge in [0.15, 0.2) is 17.0 Å². The van der Waals surface area contributed by atoms with E-state index < -0.39 is 23.7 Å². The predicted molar refractivity (Wildman–Crippen MR) is 99.6 cm³/mol. The van der Waals surface area contributed by atoms with Crippen LogP contribution >= 0.6 is 0 Å². The van der Waals surface area contributed by atoms with Crippen molar-refractivity contribution in [1.29, 1.82) is 0 Å². The Morgan fingerprint density at radius 1 is 1.34 bits per heavy atom. The molecule has 3 N–H and O–H groups in total. The molecule has 2 fully saturated rings. The molecule has 0 bridgehead atoms. The number of hydrogen-bond donors (Lipinski definition) is 3. The number of carbonyl (C=O) groups excluding carboxylic acids is 1. The maximum Gasteiger partial charge on any atom is 0.273 e. The molecule has 0 aromatic carbocycles. The largest absolute Gasteiger partial charge is 0.439 e. The lowest BCUT2D eigenvalue weighted by Gasteiger charge is -2.23. The fourth-order valence-corrected chi connectivity index (χ4v) is 4.53. The lowest BCUT2D eigenvalue weighted by molar-refractivity contribution is -0.128. The second kappa shape index (κ2) is 6.10. The summed E-state index contributed by atoms with van der Waals surface area (Å²) in [6.45, 7) is 1.46. The van der Waals surface area contributed by atoms with Crippen LogP contribution in [0.25, 0.3) is 11.2 Å². The summed E-state index contributed by atoms with van der Waals surface area (Å²) in [5.41, 5.74) is 0.0908. The zero-order valence-corrected chi connectivity index (χ0v) is 15.7. The van der Waals surface area contributed by atoms with Crippen LogP contribution in [-0.2, 0) is 4.79 Å². The highest BCUT2D eigenvalue weighted by molar-refractivity contribution is 5.88. The first-order valence-corrected chi connectivity index (χ1v) is 9.18. The summed E-state index contributed by atoms with van der Waals surface area (Å²) in [7, 11) is 1.71. The van der Waals surface area contributed by atoms with Crippen molar-refractivity contribution in [3.63, 3.8) is 0 Å². The van der Waals surface area contributed by atoms with Crippen LogP contribution in [0.3, 0.4) is 0 Å². The summed E-state index contributed by atoms with van der Waals surface area (Å²) in [5.74, 6) is 6.23. The Hall–Kier alpha value is -3.29. The number of anilines is 1. The number of Topliss-reactive ketones (excluding diaryl/α,β-unsaturated/α-hetero) is 1. The number of fused-ring (bicyclic) bond motifs is 2. The Morgan fingerprint density at radius 3 is 2.83 bits per heavy atom. The smallest absolute Gasteiger partial charge is 0.273 e. The summed E-state index contributed by atoms with van der Waals surface area (Å²) < 4.78 is 6.81. The molecule has 0 radical (unpaired) electrons. The number of oxazole rings is 1. The molecule has 0 spiro atoms. The number of hydrogen-bond acceptors (Lipinski definition) is 9. The van der Waals surface area contributed by atoms with Gasteiger partial charge in [0.25, 0.3) is 5.89 Å².